The number of nitrogens with zero attached hydrogens (tertiary/aromatic N) is 2. The molecule has 20 heavy (non-hydrogen) atoms. The van der Waals surface area contributed by atoms with Gasteiger partial charge in [0.25, 0.3) is 0 Å². The van der Waals surface area contributed by atoms with E-state index < -0.39 is 12.1 Å². The largest absolute Gasteiger partial charge is 0.506 e. The number of hydrogen-bond acceptors (Lipinski definition) is 2. The Hall–Kier alpha value is -1.47. The van der Waals surface area contributed by atoms with Gasteiger partial charge in [0.1, 0.15) is 5.75 Å². The molecule has 0 saturated carbocycles. The third-order valence-corrected chi connectivity index (χ3v) is 3.45. The molecule has 1 aliphatic rings. The van der Waals surface area contributed by atoms with Gasteiger partial charge < -0.3 is 10.0 Å². The number of benzene rings is 1. The van der Waals surface area contributed by atoms with Gasteiger partial charge in [-0.15, -0.1) is 0 Å². The molecule has 109 valence electrons. The summed E-state index contributed by atoms with van der Waals surface area (Å²) in [6.07, 6.45) is -4.44. The fourth-order valence-electron chi connectivity index (χ4n) is 2.16. The minimum atomic E-state index is -4.86. The SMILES string of the molecule is O=C(N1CCc2ccc(Cl)c(O)c2CC1)C(F)(F)F.[N]. The third kappa shape index (κ3) is 3.16. The van der Waals surface area contributed by atoms with Crippen LogP contribution in [0.15, 0.2) is 12.1 Å². The van der Waals surface area contributed by atoms with Crippen LogP contribution < -0.4 is 6.15 Å². The molecule has 0 aliphatic carbocycles. The second kappa shape index (κ2) is 5.88. The normalized spacial score (nSPS) is 15.1. The number of aromatic hydroxyl groups is 1. The summed E-state index contributed by atoms with van der Waals surface area (Å²) < 4.78 is 37.1. The lowest BCUT2D eigenvalue weighted by Gasteiger charge is -2.21. The fourth-order valence-corrected chi connectivity index (χ4v) is 2.34. The molecule has 4 nitrogen and oxygen atoms in total. The Morgan fingerprint density at radius 3 is 2.45 bits per heavy atom. The summed E-state index contributed by atoms with van der Waals surface area (Å²) in [7, 11) is 0. The minimum absolute atomic E-state index is 0. The third-order valence-electron chi connectivity index (χ3n) is 3.14. The van der Waals surface area contributed by atoms with Crippen LogP contribution in [0, 0.1) is 0 Å². The summed E-state index contributed by atoms with van der Waals surface area (Å²) >= 11 is 5.76. The summed E-state index contributed by atoms with van der Waals surface area (Å²) in [5.41, 5.74) is 1.24. The Kier molecular flexibility index (Phi) is 4.88. The molecule has 1 heterocycles. The maximum absolute atomic E-state index is 12.4. The molecular formula is C12H11ClF3N2O2. The van der Waals surface area contributed by atoms with Gasteiger partial charge in [0.05, 0.1) is 5.02 Å². The second-order valence-corrected chi connectivity index (χ2v) is 4.73. The number of carbonyl (C=O) groups excluding carboxylic acids is 1. The number of hydrogen-bond donors (Lipinski definition) is 1. The van der Waals surface area contributed by atoms with Crippen LogP contribution in [0.4, 0.5) is 13.2 Å². The molecule has 1 aromatic carbocycles. The van der Waals surface area contributed by atoms with Crippen molar-refractivity contribution in [2.45, 2.75) is 19.0 Å². The average Bonchev–Trinajstić information content (AvgIpc) is 2.54. The monoisotopic (exact) mass is 307 g/mol. The van der Waals surface area contributed by atoms with E-state index in [4.69, 9.17) is 11.6 Å². The van der Waals surface area contributed by atoms with Crippen molar-refractivity contribution in [2.24, 2.45) is 0 Å². The van der Waals surface area contributed by atoms with Crippen LogP contribution in [0.25, 0.3) is 0 Å². The van der Waals surface area contributed by atoms with Crippen LogP contribution in [0.2, 0.25) is 5.02 Å². The number of fused-ring (bicyclic) bond motifs is 1. The Morgan fingerprint density at radius 2 is 1.85 bits per heavy atom. The van der Waals surface area contributed by atoms with Gasteiger partial charge in [0, 0.05) is 24.8 Å². The molecular weight excluding hydrogens is 297 g/mol. The highest BCUT2D eigenvalue weighted by Gasteiger charge is 2.42. The van der Waals surface area contributed by atoms with Gasteiger partial charge in [-0.2, -0.15) is 13.2 Å². The van der Waals surface area contributed by atoms with Gasteiger partial charge in [-0.1, -0.05) is 17.7 Å². The summed E-state index contributed by atoms with van der Waals surface area (Å²) in [4.78, 5) is 11.9. The van der Waals surface area contributed by atoms with E-state index in [1.165, 1.54) is 6.07 Å². The number of halogens is 4. The molecule has 8 heteroatoms. The lowest BCUT2D eigenvalue weighted by Crippen LogP contribution is -2.42. The Balaban J connectivity index is 0.00000200. The zero-order chi connectivity index (χ0) is 14.2. The van der Waals surface area contributed by atoms with Crippen molar-refractivity contribution in [2.75, 3.05) is 13.1 Å². The standard InChI is InChI=1S/C12H11ClF3NO2.N/c13-9-2-1-7-3-5-17(11(19)12(14,15)16)6-4-8(7)10(9)18;/h1-2,18H,3-6H2;. The van der Waals surface area contributed by atoms with Gasteiger partial charge in [0.15, 0.2) is 0 Å². The van der Waals surface area contributed by atoms with Gasteiger partial charge in [-0.25, -0.2) is 0 Å². The first-order valence-corrected chi connectivity index (χ1v) is 6.04. The fraction of sp³-hybridized carbons (Fsp3) is 0.417. The second-order valence-electron chi connectivity index (χ2n) is 4.32. The number of carbonyl (C=O) groups is 1. The van der Waals surface area contributed by atoms with Crippen LogP contribution in [0.3, 0.4) is 0 Å². The number of alkyl halides is 3. The lowest BCUT2D eigenvalue weighted by atomic mass is 10.0. The molecule has 2 rings (SSSR count). The van der Waals surface area contributed by atoms with E-state index in [9.17, 15) is 23.1 Å². The van der Waals surface area contributed by atoms with E-state index in [0.29, 0.717) is 5.56 Å². The summed E-state index contributed by atoms with van der Waals surface area (Å²) in [5.74, 6) is -1.95. The highest BCUT2D eigenvalue weighted by molar-refractivity contribution is 6.32. The number of amides is 1. The first-order valence-electron chi connectivity index (χ1n) is 5.66. The van der Waals surface area contributed by atoms with Gasteiger partial charge in [0.2, 0.25) is 0 Å². The molecule has 1 amide bonds. The Morgan fingerprint density at radius 1 is 1.25 bits per heavy atom. The van der Waals surface area contributed by atoms with Crippen molar-refractivity contribution < 1.29 is 23.1 Å². The predicted molar refractivity (Wildman–Crippen MR) is 65.3 cm³/mol. The van der Waals surface area contributed by atoms with E-state index in [1.807, 2.05) is 0 Å². The first kappa shape index (κ1) is 16.6. The molecule has 0 spiro atoms. The smallest absolute Gasteiger partial charge is 0.471 e. The molecule has 1 aromatic rings. The average molecular weight is 308 g/mol. The number of rotatable bonds is 0. The first-order chi connectivity index (χ1) is 8.80. The van der Waals surface area contributed by atoms with Crippen molar-refractivity contribution >= 4 is 17.5 Å². The van der Waals surface area contributed by atoms with Crippen molar-refractivity contribution in [3.05, 3.63) is 28.3 Å². The van der Waals surface area contributed by atoms with Gasteiger partial charge in [-0.3, -0.25) is 4.79 Å². The highest BCUT2D eigenvalue weighted by Crippen LogP contribution is 2.32. The van der Waals surface area contributed by atoms with E-state index in [1.54, 1.807) is 6.07 Å². The molecule has 0 aromatic heterocycles. The van der Waals surface area contributed by atoms with Crippen molar-refractivity contribution in [3.63, 3.8) is 0 Å². The molecule has 0 bridgehead atoms. The zero-order valence-electron chi connectivity index (χ0n) is 10.2. The van der Waals surface area contributed by atoms with Gasteiger partial charge in [-0.05, 0) is 24.5 Å². The molecule has 0 saturated heterocycles. The van der Waals surface area contributed by atoms with E-state index in [-0.39, 0.29) is 42.9 Å². The Labute approximate surface area is 118 Å². The molecule has 1 aliphatic heterocycles. The number of phenols is 1. The molecule has 1 N–H and O–H groups in total. The van der Waals surface area contributed by atoms with Gasteiger partial charge >= 0.3 is 12.1 Å². The maximum Gasteiger partial charge on any atom is 0.471 e. The maximum atomic E-state index is 12.4. The van der Waals surface area contributed by atoms with Crippen LogP contribution >= 0.6 is 11.6 Å². The Bertz CT molecular complexity index is 520. The van der Waals surface area contributed by atoms with Crippen LogP contribution in [-0.2, 0) is 17.6 Å². The molecule has 0 atom stereocenters. The quantitative estimate of drug-likeness (QED) is 0.797. The summed E-state index contributed by atoms with van der Waals surface area (Å²) in [6.45, 7) is -0.105. The minimum Gasteiger partial charge on any atom is -0.506 e. The highest BCUT2D eigenvalue weighted by atomic mass is 35.5. The van der Waals surface area contributed by atoms with Crippen LogP contribution in [-0.4, -0.2) is 35.2 Å². The predicted octanol–water partition coefficient (Wildman–Crippen LogP) is 2.05. The van der Waals surface area contributed by atoms with E-state index >= 15 is 0 Å². The van der Waals surface area contributed by atoms with Crippen LogP contribution in [0.5, 0.6) is 5.75 Å². The van der Waals surface area contributed by atoms with Crippen molar-refractivity contribution in [1.29, 1.82) is 0 Å². The van der Waals surface area contributed by atoms with E-state index in [0.717, 1.165) is 10.5 Å². The van der Waals surface area contributed by atoms with Crippen molar-refractivity contribution in [1.82, 2.24) is 11.1 Å². The van der Waals surface area contributed by atoms with Crippen LogP contribution in [0.1, 0.15) is 11.1 Å². The summed E-state index contributed by atoms with van der Waals surface area (Å²) in [6, 6.07) is 3.16. The number of phenolic OH excluding ortho intramolecular Hbond substituents is 1. The molecule has 0 fully saturated rings. The zero-order valence-corrected chi connectivity index (χ0v) is 11.0. The van der Waals surface area contributed by atoms with Crippen molar-refractivity contribution in [3.8, 4) is 5.75 Å². The topological polar surface area (TPSA) is 71.0 Å². The molecule has 0 unspecified atom stereocenters. The summed E-state index contributed by atoms with van der Waals surface area (Å²) in [5, 5.41) is 9.96. The van der Waals surface area contributed by atoms with E-state index in [2.05, 4.69) is 0 Å². The molecule has 3 radical (unpaired) electrons. The lowest BCUT2D eigenvalue weighted by molar-refractivity contribution is -0.185.